The van der Waals surface area contributed by atoms with E-state index in [1.54, 1.807) is 0 Å². The summed E-state index contributed by atoms with van der Waals surface area (Å²) in [5, 5.41) is -3.21. The summed E-state index contributed by atoms with van der Waals surface area (Å²) in [6, 6.07) is -1.06. The Morgan fingerprint density at radius 3 is 2.20 bits per heavy atom. The van der Waals surface area contributed by atoms with Crippen LogP contribution in [0.4, 0.5) is 8.78 Å². The van der Waals surface area contributed by atoms with E-state index in [1.165, 1.54) is 0 Å². The second-order valence-electron chi connectivity index (χ2n) is 2.52. The van der Waals surface area contributed by atoms with Gasteiger partial charge in [-0.25, -0.2) is 5.43 Å². The number of hydrogen-bond acceptors (Lipinski definition) is 2. The molecule has 10 heavy (non-hydrogen) atoms. The monoisotopic (exact) mass is 170 g/mol. The van der Waals surface area contributed by atoms with Gasteiger partial charge in [0.1, 0.15) is 6.04 Å². The fourth-order valence-electron chi connectivity index (χ4n) is 0.927. The van der Waals surface area contributed by atoms with Crippen LogP contribution in [0.3, 0.4) is 0 Å². The first-order valence-electron chi connectivity index (χ1n) is 3.08. The van der Waals surface area contributed by atoms with Crippen LogP contribution in [-0.4, -0.2) is 11.4 Å². The largest absolute Gasteiger partial charge is 0.338 e. The van der Waals surface area contributed by atoms with Crippen LogP contribution >= 0.6 is 11.6 Å². The van der Waals surface area contributed by atoms with Crippen LogP contribution in [-0.2, 0) is 0 Å². The summed E-state index contributed by atoms with van der Waals surface area (Å²) in [7, 11) is 0. The molecule has 1 aliphatic carbocycles. The molecule has 1 rings (SSSR count). The Balaban J connectivity index is 2.46. The third kappa shape index (κ3) is 1.78. The molecule has 0 bridgehead atoms. The smallest absolute Gasteiger partial charge is 0.271 e. The van der Waals surface area contributed by atoms with Gasteiger partial charge in [0.25, 0.3) is 0 Å². The maximum Gasteiger partial charge on any atom is 0.338 e. The number of hydrogen-bond donors (Lipinski definition) is 2. The Morgan fingerprint density at radius 1 is 1.60 bits per heavy atom. The molecule has 1 fully saturated rings. The van der Waals surface area contributed by atoms with E-state index in [4.69, 9.17) is 17.4 Å². The molecule has 1 unspecified atom stereocenters. The molecule has 1 saturated carbocycles. The standard InChI is InChI=1S/C5H9ClF2N2/c6-5(7,8)4(10-9)3-1-2-3/h3-4,10H,1-2,9H2. The zero-order chi connectivity index (χ0) is 7.78. The third-order valence-corrected chi connectivity index (χ3v) is 1.86. The number of nitrogens with two attached hydrogens (primary N) is 1. The summed E-state index contributed by atoms with van der Waals surface area (Å²) in [6.45, 7) is 0. The highest BCUT2D eigenvalue weighted by molar-refractivity contribution is 6.22. The molecular formula is C5H9ClF2N2. The van der Waals surface area contributed by atoms with E-state index in [0.29, 0.717) is 0 Å². The second-order valence-corrected chi connectivity index (χ2v) is 3.03. The molecule has 3 N–H and O–H groups in total. The van der Waals surface area contributed by atoms with Gasteiger partial charge in [0, 0.05) is 0 Å². The van der Waals surface area contributed by atoms with Crippen molar-refractivity contribution in [2.24, 2.45) is 11.8 Å². The highest BCUT2D eigenvalue weighted by Gasteiger charge is 2.46. The molecule has 60 valence electrons. The number of alkyl halides is 3. The van der Waals surface area contributed by atoms with E-state index < -0.39 is 11.4 Å². The molecule has 0 amide bonds. The SMILES string of the molecule is NNC(C1CC1)C(F)(F)Cl. The molecule has 0 aromatic carbocycles. The summed E-state index contributed by atoms with van der Waals surface area (Å²) < 4.78 is 24.6. The van der Waals surface area contributed by atoms with Gasteiger partial charge in [-0.15, -0.1) is 0 Å². The molecule has 0 heterocycles. The topological polar surface area (TPSA) is 38.0 Å². The Bertz CT molecular complexity index is 121. The highest BCUT2D eigenvalue weighted by atomic mass is 35.5. The Hall–Kier alpha value is 0.0700. The molecule has 5 heteroatoms. The second kappa shape index (κ2) is 2.60. The van der Waals surface area contributed by atoms with E-state index in [1.807, 2.05) is 5.43 Å². The summed E-state index contributed by atoms with van der Waals surface area (Å²) in [4.78, 5) is 0. The predicted octanol–water partition coefficient (Wildman–Crippen LogP) is 1.06. The van der Waals surface area contributed by atoms with Crippen LogP contribution in [0, 0.1) is 5.92 Å². The lowest BCUT2D eigenvalue weighted by atomic mass is 10.2. The Labute approximate surface area is 62.7 Å². The van der Waals surface area contributed by atoms with Crippen molar-refractivity contribution in [3.8, 4) is 0 Å². The lowest BCUT2D eigenvalue weighted by molar-refractivity contribution is 0.0412. The average Bonchev–Trinajstić information content (AvgIpc) is 2.46. The summed E-state index contributed by atoms with van der Waals surface area (Å²) >= 11 is 4.76. The van der Waals surface area contributed by atoms with E-state index in [2.05, 4.69) is 0 Å². The van der Waals surface area contributed by atoms with Crippen molar-refractivity contribution >= 4 is 11.6 Å². The van der Waals surface area contributed by atoms with Gasteiger partial charge in [0.05, 0.1) is 0 Å². The first kappa shape index (κ1) is 8.17. The number of nitrogens with one attached hydrogen (secondary N) is 1. The highest BCUT2D eigenvalue weighted by Crippen LogP contribution is 2.40. The normalized spacial score (nSPS) is 22.8. The molecule has 0 aliphatic heterocycles. The van der Waals surface area contributed by atoms with Crippen LogP contribution in [0.2, 0.25) is 0 Å². The van der Waals surface area contributed by atoms with Gasteiger partial charge in [0.2, 0.25) is 0 Å². The first-order chi connectivity index (χ1) is 4.55. The summed E-state index contributed by atoms with van der Waals surface area (Å²) in [5.41, 5.74) is 2.02. The fourth-order valence-corrected chi connectivity index (χ4v) is 1.17. The average molecular weight is 171 g/mol. The predicted molar refractivity (Wildman–Crippen MR) is 34.6 cm³/mol. The third-order valence-electron chi connectivity index (χ3n) is 1.63. The van der Waals surface area contributed by atoms with Gasteiger partial charge in [-0.3, -0.25) is 5.84 Å². The van der Waals surface area contributed by atoms with Crippen molar-refractivity contribution in [3.63, 3.8) is 0 Å². The molecule has 2 nitrogen and oxygen atoms in total. The Morgan fingerprint density at radius 2 is 2.10 bits per heavy atom. The van der Waals surface area contributed by atoms with Crippen molar-refractivity contribution in [2.75, 3.05) is 0 Å². The lowest BCUT2D eigenvalue weighted by Crippen LogP contribution is -2.46. The quantitative estimate of drug-likeness (QED) is 0.378. The van der Waals surface area contributed by atoms with Gasteiger partial charge in [-0.1, -0.05) is 0 Å². The zero-order valence-electron chi connectivity index (χ0n) is 5.28. The Kier molecular flexibility index (Phi) is 2.12. The number of rotatable bonds is 3. The van der Waals surface area contributed by atoms with E-state index in [0.717, 1.165) is 12.8 Å². The summed E-state index contributed by atoms with van der Waals surface area (Å²) in [6.07, 6.45) is 1.58. The lowest BCUT2D eigenvalue weighted by Gasteiger charge is -2.19. The number of halogens is 3. The summed E-state index contributed by atoms with van der Waals surface area (Å²) in [5.74, 6) is 4.84. The maximum absolute atomic E-state index is 12.3. The molecule has 1 aliphatic rings. The molecule has 0 spiro atoms. The van der Waals surface area contributed by atoms with Crippen LogP contribution < -0.4 is 11.3 Å². The van der Waals surface area contributed by atoms with Crippen molar-refractivity contribution in [2.45, 2.75) is 24.3 Å². The number of hydrazine groups is 1. The molecule has 1 atom stereocenters. The van der Waals surface area contributed by atoms with E-state index >= 15 is 0 Å². The van der Waals surface area contributed by atoms with Crippen molar-refractivity contribution in [3.05, 3.63) is 0 Å². The van der Waals surface area contributed by atoms with Crippen molar-refractivity contribution in [1.29, 1.82) is 0 Å². The van der Waals surface area contributed by atoms with Gasteiger partial charge in [-0.05, 0) is 30.4 Å². The fraction of sp³-hybridized carbons (Fsp3) is 1.00. The minimum absolute atomic E-state index is 0.0440. The molecule has 0 aromatic rings. The van der Waals surface area contributed by atoms with Gasteiger partial charge in [0.15, 0.2) is 0 Å². The molecule has 0 radical (unpaired) electrons. The van der Waals surface area contributed by atoms with E-state index in [9.17, 15) is 8.78 Å². The van der Waals surface area contributed by atoms with Gasteiger partial charge < -0.3 is 0 Å². The molecule has 0 aromatic heterocycles. The van der Waals surface area contributed by atoms with Crippen molar-refractivity contribution in [1.82, 2.24) is 5.43 Å². The van der Waals surface area contributed by atoms with Crippen LogP contribution in [0.1, 0.15) is 12.8 Å². The molecular weight excluding hydrogens is 162 g/mol. The van der Waals surface area contributed by atoms with Gasteiger partial charge >= 0.3 is 5.38 Å². The van der Waals surface area contributed by atoms with Crippen LogP contribution in [0.25, 0.3) is 0 Å². The molecule has 0 saturated heterocycles. The minimum atomic E-state index is -3.21. The van der Waals surface area contributed by atoms with Gasteiger partial charge in [-0.2, -0.15) is 8.78 Å². The van der Waals surface area contributed by atoms with Crippen molar-refractivity contribution < 1.29 is 8.78 Å². The van der Waals surface area contributed by atoms with Crippen LogP contribution in [0.5, 0.6) is 0 Å². The first-order valence-corrected chi connectivity index (χ1v) is 3.46. The minimum Gasteiger partial charge on any atom is -0.271 e. The van der Waals surface area contributed by atoms with E-state index in [-0.39, 0.29) is 5.92 Å². The zero-order valence-corrected chi connectivity index (χ0v) is 6.04. The maximum atomic E-state index is 12.3. The van der Waals surface area contributed by atoms with Crippen LogP contribution in [0.15, 0.2) is 0 Å².